The van der Waals surface area contributed by atoms with E-state index in [0.29, 0.717) is 19.4 Å². The van der Waals surface area contributed by atoms with Crippen LogP contribution >= 0.6 is 0 Å². The second kappa shape index (κ2) is 8.03. The van der Waals surface area contributed by atoms with Crippen LogP contribution in [0.4, 0.5) is 0 Å². The van der Waals surface area contributed by atoms with Crippen molar-refractivity contribution in [3.63, 3.8) is 0 Å². The van der Waals surface area contributed by atoms with E-state index in [1.54, 1.807) is 0 Å². The first kappa shape index (κ1) is 19.3. The molecule has 1 N–H and O–H groups in total. The highest BCUT2D eigenvalue weighted by atomic mass is 16.5. The monoisotopic (exact) mass is 367 g/mol. The van der Waals surface area contributed by atoms with Crippen molar-refractivity contribution in [1.29, 1.82) is 0 Å². The molecule has 144 valence electrons. The molecule has 1 aliphatic rings. The highest BCUT2D eigenvalue weighted by Gasteiger charge is 2.34. The molecule has 1 atom stereocenters. The molecule has 1 heterocycles. The van der Waals surface area contributed by atoms with Gasteiger partial charge in [-0.1, -0.05) is 35.4 Å². The molecule has 0 unspecified atom stereocenters. The quantitative estimate of drug-likeness (QED) is 0.740. The molecule has 2 aromatic carbocycles. The van der Waals surface area contributed by atoms with E-state index in [0.717, 1.165) is 23.5 Å². The van der Waals surface area contributed by atoms with Gasteiger partial charge in [0.1, 0.15) is 17.1 Å². The molecule has 4 heteroatoms. The first-order chi connectivity index (χ1) is 12.8. The number of rotatable bonds is 6. The lowest BCUT2D eigenvalue weighted by Gasteiger charge is -2.38. The van der Waals surface area contributed by atoms with Crippen LogP contribution in [0.2, 0.25) is 0 Å². The Morgan fingerprint density at radius 1 is 1.15 bits per heavy atom. The molecule has 0 aliphatic carbocycles. The molecule has 0 saturated carbocycles. The van der Waals surface area contributed by atoms with E-state index in [1.807, 2.05) is 43.3 Å². The summed E-state index contributed by atoms with van der Waals surface area (Å²) < 4.78 is 11.8. The van der Waals surface area contributed by atoms with Crippen LogP contribution in [-0.2, 0) is 4.79 Å². The van der Waals surface area contributed by atoms with Gasteiger partial charge in [-0.2, -0.15) is 0 Å². The Balaban J connectivity index is 1.53. The third kappa shape index (κ3) is 5.25. The van der Waals surface area contributed by atoms with Gasteiger partial charge in [0, 0.05) is 18.4 Å². The number of ether oxygens (including phenoxy) is 2. The summed E-state index contributed by atoms with van der Waals surface area (Å²) in [5.74, 6) is 1.76. The number of hydrogen-bond acceptors (Lipinski definition) is 3. The zero-order chi connectivity index (χ0) is 19.4. The van der Waals surface area contributed by atoms with Gasteiger partial charge in [-0.05, 0) is 52.3 Å². The lowest BCUT2D eigenvalue weighted by Crippen LogP contribution is -2.41. The lowest BCUT2D eigenvalue weighted by molar-refractivity contribution is -0.122. The Bertz CT molecular complexity index is 796. The van der Waals surface area contributed by atoms with Crippen LogP contribution in [0.15, 0.2) is 42.5 Å². The fraction of sp³-hybridized carbons (Fsp3) is 0.435. The number of hydrogen-bond donors (Lipinski definition) is 1. The maximum Gasteiger partial charge on any atom is 0.220 e. The SMILES string of the molecule is Cc1ccc(OCCCC(=O)N[C@H]2CC(C)(C)Oc3ccc(C)cc32)cc1. The van der Waals surface area contributed by atoms with Gasteiger partial charge >= 0.3 is 0 Å². The van der Waals surface area contributed by atoms with E-state index in [4.69, 9.17) is 9.47 Å². The predicted octanol–water partition coefficient (Wildman–Crippen LogP) is 4.88. The van der Waals surface area contributed by atoms with E-state index in [1.165, 1.54) is 11.1 Å². The maximum absolute atomic E-state index is 12.5. The van der Waals surface area contributed by atoms with Gasteiger partial charge in [0.25, 0.3) is 0 Å². The van der Waals surface area contributed by atoms with Crippen molar-refractivity contribution in [2.75, 3.05) is 6.61 Å². The average Bonchev–Trinajstić information content (AvgIpc) is 2.60. The van der Waals surface area contributed by atoms with E-state index < -0.39 is 0 Å². The standard InChI is InChI=1S/C23H29NO3/c1-16-7-10-18(11-8-16)26-13-5-6-22(25)24-20-15-23(3,4)27-21-12-9-17(2)14-19(20)21/h7-12,14,20H,5-6,13,15H2,1-4H3,(H,24,25)/t20-/m0/s1. The number of carbonyl (C=O) groups is 1. The second-order valence-electron chi connectivity index (χ2n) is 7.99. The van der Waals surface area contributed by atoms with Crippen molar-refractivity contribution in [2.45, 2.75) is 58.6 Å². The Labute approximate surface area is 161 Å². The van der Waals surface area contributed by atoms with Gasteiger partial charge in [0.2, 0.25) is 5.91 Å². The number of carbonyl (C=O) groups excluding carboxylic acids is 1. The van der Waals surface area contributed by atoms with Crippen molar-refractivity contribution in [3.05, 3.63) is 59.2 Å². The third-order valence-corrected chi connectivity index (χ3v) is 4.80. The molecule has 0 spiro atoms. The molecule has 4 nitrogen and oxygen atoms in total. The summed E-state index contributed by atoms with van der Waals surface area (Å²) in [6, 6.07) is 14.1. The third-order valence-electron chi connectivity index (χ3n) is 4.80. The molecular formula is C23H29NO3. The number of fused-ring (bicyclic) bond motifs is 1. The van der Waals surface area contributed by atoms with Gasteiger partial charge in [-0.15, -0.1) is 0 Å². The summed E-state index contributed by atoms with van der Waals surface area (Å²) in [5.41, 5.74) is 3.15. The predicted molar refractivity (Wildman–Crippen MR) is 107 cm³/mol. The molecule has 1 aliphatic heterocycles. The van der Waals surface area contributed by atoms with Crippen molar-refractivity contribution < 1.29 is 14.3 Å². The molecule has 3 rings (SSSR count). The molecule has 0 aromatic heterocycles. The van der Waals surface area contributed by atoms with Crippen LogP contribution < -0.4 is 14.8 Å². The van der Waals surface area contributed by atoms with Crippen LogP contribution in [0.25, 0.3) is 0 Å². The molecule has 0 bridgehead atoms. The van der Waals surface area contributed by atoms with Gasteiger partial charge in [0.15, 0.2) is 0 Å². The smallest absolute Gasteiger partial charge is 0.220 e. The average molecular weight is 367 g/mol. The van der Waals surface area contributed by atoms with E-state index in [-0.39, 0.29) is 17.6 Å². The molecule has 0 fully saturated rings. The minimum absolute atomic E-state index is 0.0193. The van der Waals surface area contributed by atoms with Crippen LogP contribution in [-0.4, -0.2) is 18.1 Å². The maximum atomic E-state index is 12.5. The van der Waals surface area contributed by atoms with Crippen LogP contribution in [0.1, 0.15) is 55.8 Å². The van der Waals surface area contributed by atoms with Gasteiger partial charge in [0.05, 0.1) is 12.6 Å². The topological polar surface area (TPSA) is 47.6 Å². The summed E-state index contributed by atoms with van der Waals surface area (Å²) in [4.78, 5) is 12.5. The summed E-state index contributed by atoms with van der Waals surface area (Å²) in [7, 11) is 0. The number of amides is 1. The van der Waals surface area contributed by atoms with Crippen LogP contribution in [0.3, 0.4) is 0 Å². The Morgan fingerprint density at radius 2 is 1.85 bits per heavy atom. The number of benzene rings is 2. The van der Waals surface area contributed by atoms with Gasteiger partial charge < -0.3 is 14.8 Å². The van der Waals surface area contributed by atoms with Crippen LogP contribution in [0, 0.1) is 13.8 Å². The highest BCUT2D eigenvalue weighted by molar-refractivity contribution is 5.76. The van der Waals surface area contributed by atoms with Crippen LogP contribution in [0.5, 0.6) is 11.5 Å². The zero-order valence-electron chi connectivity index (χ0n) is 16.7. The summed E-state index contributed by atoms with van der Waals surface area (Å²) >= 11 is 0. The minimum atomic E-state index is -0.297. The summed E-state index contributed by atoms with van der Waals surface area (Å²) in [6.45, 7) is 8.76. The first-order valence-corrected chi connectivity index (χ1v) is 9.61. The number of nitrogens with one attached hydrogen (secondary N) is 1. The van der Waals surface area contributed by atoms with E-state index in [9.17, 15) is 4.79 Å². The Hall–Kier alpha value is -2.49. The van der Waals surface area contributed by atoms with Crippen molar-refractivity contribution in [3.8, 4) is 11.5 Å². The molecule has 27 heavy (non-hydrogen) atoms. The van der Waals surface area contributed by atoms with Gasteiger partial charge in [-0.3, -0.25) is 4.79 Å². The number of aryl methyl sites for hydroxylation is 2. The van der Waals surface area contributed by atoms with Gasteiger partial charge in [-0.25, -0.2) is 0 Å². The minimum Gasteiger partial charge on any atom is -0.494 e. The summed E-state index contributed by atoms with van der Waals surface area (Å²) in [6.07, 6.45) is 1.90. The lowest BCUT2D eigenvalue weighted by atomic mass is 9.89. The largest absolute Gasteiger partial charge is 0.494 e. The van der Waals surface area contributed by atoms with Crippen molar-refractivity contribution in [1.82, 2.24) is 5.32 Å². The molecule has 1 amide bonds. The van der Waals surface area contributed by atoms with Crippen molar-refractivity contribution >= 4 is 5.91 Å². The fourth-order valence-corrected chi connectivity index (χ4v) is 3.43. The normalized spacial score (nSPS) is 17.6. The van der Waals surface area contributed by atoms with E-state index >= 15 is 0 Å². The molecule has 0 saturated heterocycles. The molecule has 0 radical (unpaired) electrons. The Morgan fingerprint density at radius 3 is 2.59 bits per heavy atom. The second-order valence-corrected chi connectivity index (χ2v) is 7.99. The van der Waals surface area contributed by atoms with Crippen molar-refractivity contribution in [2.24, 2.45) is 0 Å². The Kier molecular flexibility index (Phi) is 5.73. The van der Waals surface area contributed by atoms with E-state index in [2.05, 4.69) is 32.2 Å². The molecule has 2 aromatic rings. The highest BCUT2D eigenvalue weighted by Crippen LogP contribution is 2.39. The zero-order valence-corrected chi connectivity index (χ0v) is 16.7. The first-order valence-electron chi connectivity index (χ1n) is 9.61. The molecular weight excluding hydrogens is 338 g/mol. The summed E-state index contributed by atoms with van der Waals surface area (Å²) in [5, 5.41) is 3.19. The fourth-order valence-electron chi connectivity index (χ4n) is 3.43.